The Morgan fingerprint density at radius 1 is 1.44 bits per heavy atom. The monoisotopic (exact) mass is 279 g/mol. The van der Waals surface area contributed by atoms with Crippen LogP contribution in [0.1, 0.15) is 10.5 Å². The van der Waals surface area contributed by atoms with Crippen LogP contribution in [-0.2, 0) is 0 Å². The number of hydrogen-bond acceptors (Lipinski definition) is 6. The van der Waals surface area contributed by atoms with Gasteiger partial charge in [-0.1, -0.05) is 0 Å². The molecule has 0 fully saturated rings. The fourth-order valence-electron chi connectivity index (χ4n) is 0.920. The minimum atomic E-state index is -0.966. The minimum absolute atomic E-state index is 0.120. The molecule has 0 bridgehead atoms. The van der Waals surface area contributed by atoms with Crippen LogP contribution in [0.2, 0.25) is 0 Å². The van der Waals surface area contributed by atoms with Gasteiger partial charge in [-0.25, -0.2) is 9.78 Å². The standard InChI is InChI=1S/C7H6N2S.C4H3NO2S/c8-6-1-3-7(4-2-6)9-5-10;6-4(7)3-1-8-2-5-3/h1-4H,8H2;1-2H,(H,6,7). The van der Waals surface area contributed by atoms with Gasteiger partial charge in [0.25, 0.3) is 0 Å². The molecule has 2 aromatic rings. The molecule has 92 valence electrons. The Morgan fingerprint density at radius 3 is 2.50 bits per heavy atom. The van der Waals surface area contributed by atoms with E-state index in [1.54, 1.807) is 24.3 Å². The Hall–Kier alpha value is -2.08. The lowest BCUT2D eigenvalue weighted by molar-refractivity contribution is 0.0691. The zero-order valence-corrected chi connectivity index (χ0v) is 10.7. The van der Waals surface area contributed by atoms with Crippen molar-refractivity contribution in [2.24, 2.45) is 4.99 Å². The van der Waals surface area contributed by atoms with Gasteiger partial charge in [-0.15, -0.1) is 11.3 Å². The number of nitrogens with zero attached hydrogens (tertiary/aromatic N) is 2. The smallest absolute Gasteiger partial charge is 0.355 e. The van der Waals surface area contributed by atoms with Crippen LogP contribution in [0.15, 0.2) is 40.1 Å². The third-order valence-electron chi connectivity index (χ3n) is 1.72. The van der Waals surface area contributed by atoms with Gasteiger partial charge < -0.3 is 10.8 Å². The van der Waals surface area contributed by atoms with Crippen LogP contribution >= 0.6 is 23.6 Å². The van der Waals surface area contributed by atoms with Crippen molar-refractivity contribution in [3.63, 3.8) is 0 Å². The number of aliphatic imine (C=N–C) groups is 1. The van der Waals surface area contributed by atoms with Gasteiger partial charge in [0.1, 0.15) is 0 Å². The average molecular weight is 279 g/mol. The van der Waals surface area contributed by atoms with Crippen molar-refractivity contribution < 1.29 is 9.90 Å². The Bertz CT molecular complexity index is 546. The van der Waals surface area contributed by atoms with Crippen LogP contribution < -0.4 is 5.73 Å². The van der Waals surface area contributed by atoms with E-state index in [4.69, 9.17) is 10.8 Å². The fourth-order valence-corrected chi connectivity index (χ4v) is 1.55. The van der Waals surface area contributed by atoms with E-state index in [-0.39, 0.29) is 5.69 Å². The Kier molecular flexibility index (Phi) is 5.66. The molecule has 1 heterocycles. The first kappa shape index (κ1) is 14.0. The van der Waals surface area contributed by atoms with E-state index in [0.717, 1.165) is 11.4 Å². The molecule has 0 unspecified atom stereocenters. The van der Waals surface area contributed by atoms with Gasteiger partial charge in [0.05, 0.1) is 16.4 Å². The second kappa shape index (κ2) is 7.29. The summed E-state index contributed by atoms with van der Waals surface area (Å²) in [5.41, 5.74) is 8.55. The summed E-state index contributed by atoms with van der Waals surface area (Å²) in [5, 5.41) is 12.0. The highest BCUT2D eigenvalue weighted by atomic mass is 32.1. The molecule has 0 atom stereocenters. The molecule has 5 nitrogen and oxygen atoms in total. The lowest BCUT2D eigenvalue weighted by Crippen LogP contribution is -1.94. The minimum Gasteiger partial charge on any atom is -0.476 e. The zero-order valence-electron chi connectivity index (χ0n) is 9.11. The molecule has 1 aromatic carbocycles. The topological polar surface area (TPSA) is 88.6 Å². The second-order valence-electron chi connectivity index (χ2n) is 2.97. The SMILES string of the molecule is Nc1ccc(N=C=S)cc1.O=C(O)c1cscn1. The number of aromatic carboxylic acids is 1. The maximum absolute atomic E-state index is 10.0. The molecule has 7 heteroatoms. The van der Waals surface area contributed by atoms with Crippen molar-refractivity contribution in [2.75, 3.05) is 5.73 Å². The van der Waals surface area contributed by atoms with Crippen molar-refractivity contribution >= 4 is 46.1 Å². The molecular formula is C11H9N3O2S2. The van der Waals surface area contributed by atoms with Crippen LogP contribution in [0, 0.1) is 0 Å². The number of aromatic nitrogens is 1. The molecule has 3 N–H and O–H groups in total. The van der Waals surface area contributed by atoms with Gasteiger partial charge in [-0.05, 0) is 36.5 Å². The number of benzene rings is 1. The van der Waals surface area contributed by atoms with Crippen LogP contribution in [0.25, 0.3) is 0 Å². The van der Waals surface area contributed by atoms with Crippen molar-refractivity contribution in [3.05, 3.63) is 40.8 Å². The number of carbonyl (C=O) groups is 1. The third-order valence-corrected chi connectivity index (χ3v) is 2.40. The van der Waals surface area contributed by atoms with Crippen LogP contribution in [0.4, 0.5) is 11.4 Å². The van der Waals surface area contributed by atoms with Crippen molar-refractivity contribution in [3.8, 4) is 0 Å². The van der Waals surface area contributed by atoms with E-state index in [1.165, 1.54) is 22.2 Å². The average Bonchev–Trinajstić information content (AvgIpc) is 2.87. The van der Waals surface area contributed by atoms with Gasteiger partial charge in [0, 0.05) is 11.1 Å². The van der Waals surface area contributed by atoms with Crippen LogP contribution in [-0.4, -0.2) is 21.2 Å². The van der Waals surface area contributed by atoms with Crippen molar-refractivity contribution in [2.45, 2.75) is 0 Å². The molecule has 0 amide bonds. The number of thiocarbonyl (C=S) groups is 1. The molecule has 0 saturated heterocycles. The number of carboxylic acid groups (broad SMARTS) is 1. The van der Waals surface area contributed by atoms with E-state index in [1.807, 2.05) is 0 Å². The number of anilines is 1. The number of nitrogens with two attached hydrogens (primary N) is 1. The predicted molar refractivity (Wildman–Crippen MR) is 74.6 cm³/mol. The van der Waals surface area contributed by atoms with Gasteiger partial charge >= 0.3 is 5.97 Å². The number of carboxylic acids is 1. The molecule has 0 radical (unpaired) electrons. The second-order valence-corrected chi connectivity index (χ2v) is 3.87. The summed E-state index contributed by atoms with van der Waals surface area (Å²) in [7, 11) is 0. The fraction of sp³-hybridized carbons (Fsp3) is 0. The summed E-state index contributed by atoms with van der Waals surface area (Å²) in [6.45, 7) is 0. The highest BCUT2D eigenvalue weighted by molar-refractivity contribution is 7.78. The normalized spacial score (nSPS) is 8.67. The molecule has 2 rings (SSSR count). The summed E-state index contributed by atoms with van der Waals surface area (Å²) in [6.07, 6.45) is 0. The number of thiazole rings is 1. The largest absolute Gasteiger partial charge is 0.476 e. The summed E-state index contributed by atoms with van der Waals surface area (Å²) < 4.78 is 0. The lowest BCUT2D eigenvalue weighted by Gasteiger charge is -1.90. The molecule has 0 saturated carbocycles. The maximum Gasteiger partial charge on any atom is 0.355 e. The third kappa shape index (κ3) is 4.84. The molecule has 1 aromatic heterocycles. The molecule has 0 aliphatic carbocycles. The molecule has 0 spiro atoms. The zero-order chi connectivity index (χ0) is 13.4. The number of hydrogen-bond donors (Lipinski definition) is 2. The van der Waals surface area contributed by atoms with E-state index >= 15 is 0 Å². The lowest BCUT2D eigenvalue weighted by atomic mass is 10.3. The van der Waals surface area contributed by atoms with Crippen molar-refractivity contribution in [1.82, 2.24) is 4.98 Å². The Labute approximate surface area is 113 Å². The summed E-state index contributed by atoms with van der Waals surface area (Å²) in [6, 6.07) is 7.11. The number of rotatable bonds is 2. The van der Waals surface area contributed by atoms with Gasteiger partial charge in [0.15, 0.2) is 5.69 Å². The Balaban J connectivity index is 0.000000184. The van der Waals surface area contributed by atoms with E-state index in [0.29, 0.717) is 0 Å². The van der Waals surface area contributed by atoms with E-state index in [2.05, 4.69) is 27.4 Å². The van der Waals surface area contributed by atoms with Gasteiger partial charge in [-0.3, -0.25) is 0 Å². The first-order valence-electron chi connectivity index (χ1n) is 4.68. The molecular weight excluding hydrogens is 270 g/mol. The van der Waals surface area contributed by atoms with Gasteiger partial charge in [-0.2, -0.15) is 4.99 Å². The van der Waals surface area contributed by atoms with Crippen molar-refractivity contribution in [1.29, 1.82) is 0 Å². The first-order valence-corrected chi connectivity index (χ1v) is 6.03. The quantitative estimate of drug-likeness (QED) is 0.501. The van der Waals surface area contributed by atoms with E-state index < -0.39 is 5.97 Å². The summed E-state index contributed by atoms with van der Waals surface area (Å²) >= 11 is 5.69. The molecule has 0 aliphatic heterocycles. The number of isothiocyanates is 1. The highest BCUT2D eigenvalue weighted by Crippen LogP contribution is 2.12. The summed E-state index contributed by atoms with van der Waals surface area (Å²) in [4.78, 5) is 17.3. The predicted octanol–water partition coefficient (Wildman–Crippen LogP) is 2.84. The molecule has 0 aliphatic rings. The van der Waals surface area contributed by atoms with E-state index in [9.17, 15) is 4.79 Å². The van der Waals surface area contributed by atoms with Crippen LogP contribution in [0.5, 0.6) is 0 Å². The highest BCUT2D eigenvalue weighted by Gasteiger charge is 2.00. The van der Waals surface area contributed by atoms with Crippen LogP contribution in [0.3, 0.4) is 0 Å². The first-order chi connectivity index (χ1) is 8.63. The number of nitrogen functional groups attached to an aromatic ring is 1. The molecule has 18 heavy (non-hydrogen) atoms. The van der Waals surface area contributed by atoms with Gasteiger partial charge in [0.2, 0.25) is 0 Å². The summed E-state index contributed by atoms with van der Waals surface area (Å²) in [5.74, 6) is -0.966. The maximum atomic E-state index is 10.0. The Morgan fingerprint density at radius 2 is 2.11 bits per heavy atom.